The van der Waals surface area contributed by atoms with E-state index in [2.05, 4.69) is 45.1 Å². The second-order valence-electron chi connectivity index (χ2n) is 5.92. The van der Waals surface area contributed by atoms with E-state index in [9.17, 15) is 10.0 Å². The molecule has 0 unspecified atom stereocenters. The van der Waals surface area contributed by atoms with Crippen LogP contribution in [0.1, 0.15) is 24.2 Å². The van der Waals surface area contributed by atoms with Gasteiger partial charge in [-0.15, -0.1) is 0 Å². The van der Waals surface area contributed by atoms with Gasteiger partial charge in [-0.1, -0.05) is 15.9 Å². The summed E-state index contributed by atoms with van der Waals surface area (Å²) < 4.78 is 6.60. The molecule has 1 amide bonds. The lowest BCUT2D eigenvalue weighted by Gasteiger charge is -2.21. The second kappa shape index (κ2) is 8.26. The zero-order valence-corrected chi connectivity index (χ0v) is 16.7. The van der Waals surface area contributed by atoms with Crippen LogP contribution in [0.5, 0.6) is 0 Å². The van der Waals surface area contributed by atoms with Crippen molar-refractivity contribution in [2.45, 2.75) is 13.8 Å². The summed E-state index contributed by atoms with van der Waals surface area (Å²) in [4.78, 5) is 14.8. The Morgan fingerprint density at radius 2 is 1.85 bits per heavy atom. The summed E-state index contributed by atoms with van der Waals surface area (Å²) in [5, 5.41) is 16.0. The van der Waals surface area contributed by atoms with Crippen molar-refractivity contribution in [2.75, 3.05) is 23.3 Å². The Bertz CT molecular complexity index is 1020. The minimum atomic E-state index is -0.413. The summed E-state index contributed by atoms with van der Waals surface area (Å²) in [6.07, 6.45) is 0. The summed E-state index contributed by atoms with van der Waals surface area (Å²) in [5.74, 6) is -0.413. The van der Waals surface area contributed by atoms with Gasteiger partial charge in [-0.25, -0.2) is 0 Å². The third kappa shape index (κ3) is 4.14. The molecule has 6 nitrogen and oxygen atoms in total. The number of anilines is 2. The number of hydrogen-bond acceptors (Lipinski definition) is 5. The first-order valence-corrected chi connectivity index (χ1v) is 9.42. The monoisotopic (exact) mass is 429 g/mol. The van der Waals surface area contributed by atoms with Crippen LogP contribution in [-0.2, 0) is 0 Å². The zero-order chi connectivity index (χ0) is 19.4. The van der Waals surface area contributed by atoms with E-state index in [0.29, 0.717) is 11.3 Å². The maximum Gasteiger partial charge on any atom is 0.268 e. The molecule has 0 aliphatic heterocycles. The molecule has 1 aromatic heterocycles. The van der Waals surface area contributed by atoms with E-state index in [1.807, 2.05) is 30.3 Å². The van der Waals surface area contributed by atoms with Crippen molar-refractivity contribution in [3.63, 3.8) is 0 Å². The number of nitrogens with zero attached hydrogens (tertiary/aromatic N) is 2. The van der Waals surface area contributed by atoms with Crippen molar-refractivity contribution >= 4 is 44.2 Å². The molecule has 0 radical (unpaired) electrons. The first-order valence-electron chi connectivity index (χ1n) is 8.63. The number of amides is 1. The van der Waals surface area contributed by atoms with Gasteiger partial charge in [0.1, 0.15) is 11.1 Å². The van der Waals surface area contributed by atoms with Gasteiger partial charge in [-0.3, -0.25) is 4.79 Å². The Hall–Kier alpha value is -2.80. The molecule has 0 saturated heterocycles. The third-order valence-corrected chi connectivity index (χ3v) is 4.83. The summed E-state index contributed by atoms with van der Waals surface area (Å²) in [7, 11) is 0. The van der Waals surface area contributed by atoms with E-state index in [0.717, 1.165) is 28.6 Å². The summed E-state index contributed by atoms with van der Waals surface area (Å²) in [5.41, 5.74) is 2.21. The van der Waals surface area contributed by atoms with Gasteiger partial charge in [0.25, 0.3) is 11.5 Å². The first kappa shape index (κ1) is 19.0. The number of fused-ring (bicyclic) bond motifs is 1. The predicted molar refractivity (Wildman–Crippen MR) is 109 cm³/mol. The van der Waals surface area contributed by atoms with Gasteiger partial charge in [-0.2, -0.15) is 0 Å². The Kier molecular flexibility index (Phi) is 5.81. The van der Waals surface area contributed by atoms with Gasteiger partial charge >= 0.3 is 0 Å². The molecule has 0 aliphatic carbocycles. The quantitative estimate of drug-likeness (QED) is 0.459. The normalized spacial score (nSPS) is 11.6. The van der Waals surface area contributed by atoms with Crippen molar-refractivity contribution in [3.8, 4) is 0 Å². The SMILES string of the molecule is CCN(CC)c1ccc2cc(C(=O)Nc3ccc(Br)cc3)/c(=N/O)oc2c1. The molecule has 7 heteroatoms. The van der Waals surface area contributed by atoms with Crippen LogP contribution in [0.4, 0.5) is 11.4 Å². The molecule has 0 fully saturated rings. The lowest BCUT2D eigenvalue weighted by Crippen LogP contribution is -2.22. The van der Waals surface area contributed by atoms with Crippen LogP contribution in [0.25, 0.3) is 11.0 Å². The van der Waals surface area contributed by atoms with Gasteiger partial charge in [0.05, 0.1) is 0 Å². The van der Waals surface area contributed by atoms with Crippen molar-refractivity contribution in [3.05, 3.63) is 64.1 Å². The number of halogens is 1. The van der Waals surface area contributed by atoms with Crippen LogP contribution in [0.15, 0.2) is 62.6 Å². The highest BCUT2D eigenvalue weighted by atomic mass is 79.9. The molecule has 27 heavy (non-hydrogen) atoms. The summed E-state index contributed by atoms with van der Waals surface area (Å²) >= 11 is 3.35. The number of carbonyl (C=O) groups excluding carboxylic acids is 1. The number of nitrogens with one attached hydrogen (secondary N) is 1. The van der Waals surface area contributed by atoms with Gasteiger partial charge in [0.15, 0.2) is 0 Å². The maximum atomic E-state index is 12.6. The molecule has 3 rings (SSSR count). The van der Waals surface area contributed by atoms with E-state index in [1.54, 1.807) is 18.2 Å². The minimum Gasteiger partial charge on any atom is -0.435 e. The van der Waals surface area contributed by atoms with Crippen LogP contribution in [-0.4, -0.2) is 24.2 Å². The van der Waals surface area contributed by atoms with E-state index < -0.39 is 5.91 Å². The molecule has 140 valence electrons. The average molecular weight is 430 g/mol. The molecular weight excluding hydrogens is 410 g/mol. The molecule has 1 heterocycles. The van der Waals surface area contributed by atoms with Crippen LogP contribution in [0, 0.1) is 0 Å². The summed E-state index contributed by atoms with van der Waals surface area (Å²) in [6.45, 7) is 5.89. The van der Waals surface area contributed by atoms with Gasteiger partial charge in [0.2, 0.25) is 0 Å². The fourth-order valence-corrected chi connectivity index (χ4v) is 3.13. The lowest BCUT2D eigenvalue weighted by atomic mass is 10.1. The molecule has 3 aromatic rings. The topological polar surface area (TPSA) is 78.1 Å². The highest BCUT2D eigenvalue weighted by Gasteiger charge is 2.14. The van der Waals surface area contributed by atoms with Crippen LogP contribution < -0.4 is 15.8 Å². The van der Waals surface area contributed by atoms with E-state index in [-0.39, 0.29) is 11.1 Å². The van der Waals surface area contributed by atoms with Crippen LogP contribution >= 0.6 is 15.9 Å². The number of carbonyl (C=O) groups is 1. The number of rotatable bonds is 5. The smallest absolute Gasteiger partial charge is 0.268 e. The maximum absolute atomic E-state index is 12.6. The van der Waals surface area contributed by atoms with E-state index in [1.165, 1.54) is 0 Å². The Balaban J connectivity index is 1.99. The Morgan fingerprint density at radius 3 is 2.48 bits per heavy atom. The molecule has 0 saturated carbocycles. The molecule has 2 aromatic carbocycles. The molecule has 2 N–H and O–H groups in total. The van der Waals surface area contributed by atoms with Gasteiger partial charge < -0.3 is 19.8 Å². The molecule has 0 bridgehead atoms. The standard InChI is InChI=1S/C20H20BrN3O3/c1-3-24(4-2)16-10-5-13-11-17(20(23-26)27-18(13)12-16)19(25)22-15-8-6-14(21)7-9-15/h5-12,26H,3-4H2,1-2H3,(H,22,25)/b23-20-. The highest BCUT2D eigenvalue weighted by Crippen LogP contribution is 2.22. The second-order valence-corrected chi connectivity index (χ2v) is 6.84. The molecule has 0 spiro atoms. The molecule has 0 atom stereocenters. The fourth-order valence-electron chi connectivity index (χ4n) is 2.86. The largest absolute Gasteiger partial charge is 0.435 e. The van der Waals surface area contributed by atoms with E-state index in [4.69, 9.17) is 4.42 Å². The summed E-state index contributed by atoms with van der Waals surface area (Å²) in [6, 6.07) is 14.6. The van der Waals surface area contributed by atoms with Crippen LogP contribution in [0.2, 0.25) is 0 Å². The van der Waals surface area contributed by atoms with Crippen LogP contribution in [0.3, 0.4) is 0 Å². The lowest BCUT2D eigenvalue weighted by molar-refractivity contribution is 0.102. The fraction of sp³-hybridized carbons (Fsp3) is 0.200. The number of benzene rings is 2. The molecular formula is C20H20BrN3O3. The Labute approximate surface area is 165 Å². The Morgan fingerprint density at radius 1 is 1.15 bits per heavy atom. The first-order chi connectivity index (χ1) is 13.0. The van der Waals surface area contributed by atoms with Gasteiger partial charge in [-0.05, 0) is 61.5 Å². The number of hydrogen-bond donors (Lipinski definition) is 2. The van der Waals surface area contributed by atoms with Gasteiger partial charge in [0, 0.05) is 40.4 Å². The molecule has 0 aliphatic rings. The van der Waals surface area contributed by atoms with E-state index >= 15 is 0 Å². The predicted octanol–water partition coefficient (Wildman–Crippen LogP) is 4.58. The third-order valence-electron chi connectivity index (χ3n) is 4.30. The minimum absolute atomic E-state index is 0.131. The zero-order valence-electron chi connectivity index (χ0n) is 15.1. The van der Waals surface area contributed by atoms with Crippen molar-refractivity contribution < 1.29 is 14.4 Å². The highest BCUT2D eigenvalue weighted by molar-refractivity contribution is 9.10. The van der Waals surface area contributed by atoms with Crippen molar-refractivity contribution in [1.82, 2.24) is 0 Å². The van der Waals surface area contributed by atoms with Crippen molar-refractivity contribution in [1.29, 1.82) is 0 Å². The van der Waals surface area contributed by atoms with Crippen molar-refractivity contribution in [2.24, 2.45) is 5.16 Å². The average Bonchev–Trinajstić information content (AvgIpc) is 2.69.